The number of rotatable bonds is 6. The van der Waals surface area contributed by atoms with E-state index < -0.39 is 6.10 Å². The molecule has 100 valence electrons. The SMILES string of the molecule is COc1ccccc1CC(=O)NC(C)CC(C)O. The smallest absolute Gasteiger partial charge is 0.224 e. The predicted molar refractivity (Wildman–Crippen MR) is 70.6 cm³/mol. The van der Waals surface area contributed by atoms with Gasteiger partial charge in [0.1, 0.15) is 5.75 Å². The minimum absolute atomic E-state index is 0.0350. The standard InChI is InChI=1S/C14H21NO3/c1-10(8-11(2)16)15-14(17)9-12-6-4-5-7-13(12)18-3/h4-7,10-11,16H,8-9H2,1-3H3,(H,15,17). The molecule has 2 unspecified atom stereocenters. The van der Waals surface area contributed by atoms with Gasteiger partial charge in [-0.1, -0.05) is 18.2 Å². The summed E-state index contributed by atoms with van der Waals surface area (Å²) >= 11 is 0. The van der Waals surface area contributed by atoms with Gasteiger partial charge >= 0.3 is 0 Å². The number of carbonyl (C=O) groups excluding carboxylic acids is 1. The topological polar surface area (TPSA) is 58.6 Å². The minimum Gasteiger partial charge on any atom is -0.496 e. The van der Waals surface area contributed by atoms with Crippen LogP contribution in [0.5, 0.6) is 5.75 Å². The molecular weight excluding hydrogens is 230 g/mol. The first-order valence-corrected chi connectivity index (χ1v) is 6.12. The third-order valence-corrected chi connectivity index (χ3v) is 2.65. The molecule has 1 aromatic carbocycles. The highest BCUT2D eigenvalue weighted by Gasteiger charge is 2.12. The van der Waals surface area contributed by atoms with Crippen LogP contribution in [-0.2, 0) is 11.2 Å². The van der Waals surface area contributed by atoms with Crippen molar-refractivity contribution < 1.29 is 14.6 Å². The van der Waals surface area contributed by atoms with E-state index in [0.29, 0.717) is 6.42 Å². The van der Waals surface area contributed by atoms with Gasteiger partial charge in [-0.05, 0) is 26.3 Å². The fourth-order valence-corrected chi connectivity index (χ4v) is 1.92. The van der Waals surface area contributed by atoms with Gasteiger partial charge in [0.15, 0.2) is 0 Å². The van der Waals surface area contributed by atoms with Crippen molar-refractivity contribution in [1.29, 1.82) is 0 Å². The van der Waals surface area contributed by atoms with Crippen LogP contribution in [0.2, 0.25) is 0 Å². The lowest BCUT2D eigenvalue weighted by Gasteiger charge is -2.16. The van der Waals surface area contributed by atoms with E-state index in [-0.39, 0.29) is 18.4 Å². The number of hydrogen-bond donors (Lipinski definition) is 2. The lowest BCUT2D eigenvalue weighted by molar-refractivity contribution is -0.121. The van der Waals surface area contributed by atoms with Crippen molar-refractivity contribution >= 4 is 5.91 Å². The van der Waals surface area contributed by atoms with Gasteiger partial charge in [-0.2, -0.15) is 0 Å². The summed E-state index contributed by atoms with van der Waals surface area (Å²) in [7, 11) is 1.59. The first-order chi connectivity index (χ1) is 8.52. The van der Waals surface area contributed by atoms with E-state index in [1.54, 1.807) is 14.0 Å². The van der Waals surface area contributed by atoms with Crippen molar-refractivity contribution in [1.82, 2.24) is 5.32 Å². The van der Waals surface area contributed by atoms with Crippen molar-refractivity contribution in [2.24, 2.45) is 0 Å². The van der Waals surface area contributed by atoms with Crippen LogP contribution in [-0.4, -0.2) is 30.3 Å². The molecule has 4 heteroatoms. The van der Waals surface area contributed by atoms with Crippen molar-refractivity contribution in [3.8, 4) is 5.75 Å². The normalized spacial score (nSPS) is 13.8. The molecule has 0 aliphatic carbocycles. The average Bonchev–Trinajstić information content (AvgIpc) is 2.28. The van der Waals surface area contributed by atoms with Gasteiger partial charge in [-0.25, -0.2) is 0 Å². The van der Waals surface area contributed by atoms with Crippen LogP contribution in [0.25, 0.3) is 0 Å². The lowest BCUT2D eigenvalue weighted by atomic mass is 10.1. The maximum atomic E-state index is 11.8. The van der Waals surface area contributed by atoms with Crippen LogP contribution in [0.3, 0.4) is 0 Å². The molecule has 0 saturated heterocycles. The van der Waals surface area contributed by atoms with Crippen molar-refractivity contribution in [3.63, 3.8) is 0 Å². The second kappa shape index (κ2) is 7.01. The molecule has 0 bridgehead atoms. The number of ether oxygens (including phenoxy) is 1. The number of carbonyl (C=O) groups is 1. The minimum atomic E-state index is -0.411. The zero-order valence-corrected chi connectivity index (χ0v) is 11.1. The number of methoxy groups -OCH3 is 1. The van der Waals surface area contributed by atoms with Gasteiger partial charge in [0.2, 0.25) is 5.91 Å². The molecule has 0 radical (unpaired) electrons. The number of para-hydroxylation sites is 1. The molecule has 0 heterocycles. The summed E-state index contributed by atoms with van der Waals surface area (Å²) in [4.78, 5) is 11.8. The molecule has 2 atom stereocenters. The van der Waals surface area contributed by atoms with Gasteiger partial charge in [0.25, 0.3) is 0 Å². The Labute approximate surface area is 108 Å². The van der Waals surface area contributed by atoms with Crippen LogP contribution in [0.1, 0.15) is 25.8 Å². The van der Waals surface area contributed by atoms with Crippen LogP contribution in [0.15, 0.2) is 24.3 Å². The van der Waals surface area contributed by atoms with Crippen molar-refractivity contribution in [3.05, 3.63) is 29.8 Å². The van der Waals surface area contributed by atoms with Crippen LogP contribution in [0.4, 0.5) is 0 Å². The summed E-state index contributed by atoms with van der Waals surface area (Å²) in [6.07, 6.45) is 0.429. The Balaban J connectivity index is 2.54. The lowest BCUT2D eigenvalue weighted by Crippen LogP contribution is -2.35. The van der Waals surface area contributed by atoms with Gasteiger partial charge in [-0.15, -0.1) is 0 Å². The van der Waals surface area contributed by atoms with Crippen LogP contribution in [0, 0.1) is 0 Å². The molecule has 0 fully saturated rings. The Morgan fingerprint density at radius 2 is 2.06 bits per heavy atom. The highest BCUT2D eigenvalue weighted by molar-refractivity contribution is 5.79. The fourth-order valence-electron chi connectivity index (χ4n) is 1.92. The fraction of sp³-hybridized carbons (Fsp3) is 0.500. The van der Waals surface area contributed by atoms with E-state index in [1.165, 1.54) is 0 Å². The molecule has 0 aliphatic rings. The molecule has 0 saturated carbocycles. The van der Waals surface area contributed by atoms with E-state index >= 15 is 0 Å². The van der Waals surface area contributed by atoms with E-state index in [4.69, 9.17) is 4.74 Å². The van der Waals surface area contributed by atoms with E-state index in [0.717, 1.165) is 11.3 Å². The molecule has 4 nitrogen and oxygen atoms in total. The van der Waals surface area contributed by atoms with Crippen molar-refractivity contribution in [2.75, 3.05) is 7.11 Å². The number of hydrogen-bond acceptors (Lipinski definition) is 3. The average molecular weight is 251 g/mol. The molecule has 1 rings (SSSR count). The maximum Gasteiger partial charge on any atom is 0.224 e. The molecular formula is C14H21NO3. The van der Waals surface area contributed by atoms with Crippen LogP contribution >= 0.6 is 0 Å². The Morgan fingerprint density at radius 3 is 2.67 bits per heavy atom. The summed E-state index contributed by atoms with van der Waals surface area (Å²) in [6.45, 7) is 3.59. The van der Waals surface area contributed by atoms with Gasteiger partial charge < -0.3 is 15.2 Å². The van der Waals surface area contributed by atoms with E-state index in [9.17, 15) is 9.90 Å². The summed E-state index contributed by atoms with van der Waals surface area (Å²) in [5, 5.41) is 12.1. The summed E-state index contributed by atoms with van der Waals surface area (Å²) in [5.41, 5.74) is 0.863. The first-order valence-electron chi connectivity index (χ1n) is 6.12. The number of benzene rings is 1. The molecule has 1 amide bonds. The second-order valence-corrected chi connectivity index (χ2v) is 4.54. The number of aliphatic hydroxyl groups is 1. The summed E-state index contributed by atoms with van der Waals surface area (Å²) in [5.74, 6) is 0.656. The maximum absolute atomic E-state index is 11.8. The summed E-state index contributed by atoms with van der Waals surface area (Å²) < 4.78 is 5.20. The van der Waals surface area contributed by atoms with Crippen LogP contribution < -0.4 is 10.1 Å². The Morgan fingerprint density at radius 1 is 1.39 bits per heavy atom. The third kappa shape index (κ3) is 4.75. The quantitative estimate of drug-likeness (QED) is 0.805. The van der Waals surface area contributed by atoms with Gasteiger partial charge in [0, 0.05) is 11.6 Å². The molecule has 0 spiro atoms. The summed E-state index contributed by atoms with van der Waals surface area (Å²) in [6, 6.07) is 7.42. The Hall–Kier alpha value is -1.55. The Kier molecular flexibility index (Phi) is 5.65. The second-order valence-electron chi connectivity index (χ2n) is 4.54. The zero-order valence-electron chi connectivity index (χ0n) is 11.1. The predicted octanol–water partition coefficient (Wildman–Crippen LogP) is 1.51. The molecule has 0 aliphatic heterocycles. The first kappa shape index (κ1) is 14.5. The monoisotopic (exact) mass is 251 g/mol. The molecule has 2 N–H and O–H groups in total. The molecule has 1 aromatic rings. The molecule has 0 aromatic heterocycles. The van der Waals surface area contributed by atoms with E-state index in [1.807, 2.05) is 31.2 Å². The zero-order chi connectivity index (χ0) is 13.5. The van der Waals surface area contributed by atoms with Gasteiger partial charge in [0.05, 0.1) is 19.6 Å². The highest BCUT2D eigenvalue weighted by atomic mass is 16.5. The van der Waals surface area contributed by atoms with Crippen molar-refractivity contribution in [2.45, 2.75) is 38.8 Å². The number of nitrogens with one attached hydrogen (secondary N) is 1. The Bertz CT molecular complexity index is 390. The number of aliphatic hydroxyl groups excluding tert-OH is 1. The van der Waals surface area contributed by atoms with E-state index in [2.05, 4.69) is 5.32 Å². The molecule has 18 heavy (non-hydrogen) atoms. The van der Waals surface area contributed by atoms with Gasteiger partial charge in [-0.3, -0.25) is 4.79 Å². The number of amides is 1. The highest BCUT2D eigenvalue weighted by Crippen LogP contribution is 2.17. The largest absolute Gasteiger partial charge is 0.496 e. The third-order valence-electron chi connectivity index (χ3n) is 2.65.